The number of carbonyl (C=O) groups is 1. The molecule has 3 N–H and O–H groups in total. The summed E-state index contributed by atoms with van der Waals surface area (Å²) in [5.41, 5.74) is 10.0. The number of benzene rings is 1. The number of hydrogen-bond acceptors (Lipinski definition) is 6. The average Bonchev–Trinajstić information content (AvgIpc) is 3.01. The number of nitrogens with one attached hydrogen (secondary N) is 1. The second-order valence-corrected chi connectivity index (χ2v) is 8.01. The lowest BCUT2D eigenvalue weighted by atomic mass is 9.93. The van der Waals surface area contributed by atoms with Gasteiger partial charge in [0.2, 0.25) is 0 Å². The fourth-order valence-electron chi connectivity index (χ4n) is 3.91. The Bertz CT molecular complexity index is 1140. The van der Waals surface area contributed by atoms with Crippen molar-refractivity contribution in [1.82, 2.24) is 25.3 Å². The first-order valence-corrected chi connectivity index (χ1v) is 10.0. The zero-order valence-corrected chi connectivity index (χ0v) is 17.7. The van der Waals surface area contributed by atoms with Gasteiger partial charge >= 0.3 is 0 Å². The highest BCUT2D eigenvalue weighted by atomic mass is 16.5. The lowest BCUT2D eigenvalue weighted by molar-refractivity contribution is 0.0997. The highest BCUT2D eigenvalue weighted by molar-refractivity contribution is 6.03. The minimum atomic E-state index is -0.544. The highest BCUT2D eigenvalue weighted by Crippen LogP contribution is 2.33. The maximum absolute atomic E-state index is 11.9. The summed E-state index contributed by atoms with van der Waals surface area (Å²) < 4.78 is 7.31. The third-order valence-electron chi connectivity index (χ3n) is 5.25. The standard InChI is InChI=1S/C22H26N6O2/c1-5-30-19-11-18-14(10-15(19)21(23)29)20(28(4)27-18)17-7-6-16(25-26-17)13-8-9-24-22(2,3)12-13/h6-7,10-12,24H,5,8-9H2,1-4H3,(H2,23,29). The number of ether oxygens (including phenoxy) is 1. The van der Waals surface area contributed by atoms with Gasteiger partial charge in [-0.1, -0.05) is 6.08 Å². The molecule has 4 rings (SSSR count). The van der Waals surface area contributed by atoms with Gasteiger partial charge in [0.25, 0.3) is 5.91 Å². The minimum Gasteiger partial charge on any atom is -0.493 e. The number of carbonyl (C=O) groups excluding carboxylic acids is 1. The summed E-state index contributed by atoms with van der Waals surface area (Å²) in [4.78, 5) is 11.9. The summed E-state index contributed by atoms with van der Waals surface area (Å²) in [5.74, 6) is -0.110. The van der Waals surface area contributed by atoms with Crippen LogP contribution in [0, 0.1) is 0 Å². The summed E-state index contributed by atoms with van der Waals surface area (Å²) in [5, 5.41) is 17.7. The van der Waals surface area contributed by atoms with Gasteiger partial charge in [-0.15, -0.1) is 5.10 Å². The Kier molecular flexibility index (Phi) is 5.03. The van der Waals surface area contributed by atoms with E-state index in [0.29, 0.717) is 29.1 Å². The van der Waals surface area contributed by atoms with Crippen LogP contribution in [-0.2, 0) is 7.05 Å². The Morgan fingerprint density at radius 1 is 1.27 bits per heavy atom. The van der Waals surface area contributed by atoms with Crippen molar-refractivity contribution < 1.29 is 9.53 Å². The van der Waals surface area contributed by atoms with Gasteiger partial charge in [0.15, 0.2) is 0 Å². The van der Waals surface area contributed by atoms with Crippen molar-refractivity contribution in [3.8, 4) is 17.1 Å². The van der Waals surface area contributed by atoms with Crippen molar-refractivity contribution in [1.29, 1.82) is 0 Å². The van der Waals surface area contributed by atoms with Crippen molar-refractivity contribution in [3.05, 3.63) is 41.6 Å². The largest absolute Gasteiger partial charge is 0.493 e. The molecule has 0 spiro atoms. The molecular formula is C22H26N6O2. The minimum absolute atomic E-state index is 0.0599. The van der Waals surface area contributed by atoms with Gasteiger partial charge in [0.05, 0.1) is 29.1 Å². The third kappa shape index (κ3) is 3.66. The SMILES string of the molecule is CCOc1cc2nn(C)c(-c3ccc(C4=CC(C)(C)NCC4)nn3)c2cc1C(N)=O. The Morgan fingerprint density at radius 2 is 2.00 bits per heavy atom. The molecule has 30 heavy (non-hydrogen) atoms. The van der Waals surface area contributed by atoms with Gasteiger partial charge in [0.1, 0.15) is 11.4 Å². The second kappa shape index (κ2) is 7.53. The summed E-state index contributed by atoms with van der Waals surface area (Å²) in [6.45, 7) is 7.48. The number of primary amides is 1. The molecule has 3 aromatic rings. The van der Waals surface area contributed by atoms with Crippen molar-refractivity contribution in [3.63, 3.8) is 0 Å². The van der Waals surface area contributed by atoms with Gasteiger partial charge in [-0.2, -0.15) is 10.2 Å². The summed E-state index contributed by atoms with van der Waals surface area (Å²) in [6.07, 6.45) is 3.11. The van der Waals surface area contributed by atoms with Crippen molar-refractivity contribution in [2.45, 2.75) is 32.7 Å². The third-order valence-corrected chi connectivity index (χ3v) is 5.25. The first-order valence-electron chi connectivity index (χ1n) is 10.0. The fraction of sp³-hybridized carbons (Fsp3) is 0.364. The van der Waals surface area contributed by atoms with E-state index in [9.17, 15) is 4.79 Å². The molecule has 8 heteroatoms. The van der Waals surface area contributed by atoms with E-state index in [2.05, 4.69) is 40.5 Å². The summed E-state index contributed by atoms with van der Waals surface area (Å²) in [6, 6.07) is 7.39. The van der Waals surface area contributed by atoms with Crippen LogP contribution < -0.4 is 15.8 Å². The number of aromatic nitrogens is 4. The maximum atomic E-state index is 11.9. The number of nitrogens with zero attached hydrogens (tertiary/aromatic N) is 4. The molecule has 0 aliphatic carbocycles. The Hall–Kier alpha value is -3.26. The number of aryl methyl sites for hydroxylation is 1. The topological polar surface area (TPSA) is 108 Å². The van der Waals surface area contributed by atoms with Crippen LogP contribution in [0.4, 0.5) is 0 Å². The normalized spacial score (nSPS) is 15.8. The lowest BCUT2D eigenvalue weighted by Crippen LogP contribution is -2.41. The molecule has 3 heterocycles. The highest BCUT2D eigenvalue weighted by Gasteiger charge is 2.22. The van der Waals surface area contributed by atoms with Crippen LogP contribution in [0.25, 0.3) is 27.9 Å². The zero-order chi connectivity index (χ0) is 21.5. The van der Waals surface area contributed by atoms with Gasteiger partial charge in [-0.05, 0) is 51.0 Å². The predicted octanol–water partition coefficient (Wildman–Crippen LogP) is 2.68. The van der Waals surface area contributed by atoms with Gasteiger partial charge < -0.3 is 15.8 Å². The first kappa shape index (κ1) is 20.0. The van der Waals surface area contributed by atoms with Crippen LogP contribution in [0.1, 0.15) is 43.2 Å². The first-order chi connectivity index (χ1) is 14.3. The van der Waals surface area contributed by atoms with Crippen LogP contribution in [0.15, 0.2) is 30.3 Å². The van der Waals surface area contributed by atoms with Crippen LogP contribution >= 0.6 is 0 Å². The van der Waals surface area contributed by atoms with E-state index in [0.717, 1.165) is 29.7 Å². The predicted molar refractivity (Wildman–Crippen MR) is 116 cm³/mol. The molecule has 8 nitrogen and oxygen atoms in total. The molecule has 0 saturated carbocycles. The van der Waals surface area contributed by atoms with Gasteiger partial charge in [0, 0.05) is 30.6 Å². The summed E-state index contributed by atoms with van der Waals surface area (Å²) >= 11 is 0. The number of nitrogens with two attached hydrogens (primary N) is 1. The van der Waals surface area contributed by atoms with Gasteiger partial charge in [-0.3, -0.25) is 9.48 Å². The lowest BCUT2D eigenvalue weighted by Gasteiger charge is -2.28. The maximum Gasteiger partial charge on any atom is 0.252 e. The monoisotopic (exact) mass is 406 g/mol. The molecule has 1 aliphatic rings. The fourth-order valence-corrected chi connectivity index (χ4v) is 3.91. The van der Waals surface area contributed by atoms with Crippen LogP contribution in [-0.4, -0.2) is 44.6 Å². The number of rotatable bonds is 5. The van der Waals surface area contributed by atoms with Crippen LogP contribution in [0.3, 0.4) is 0 Å². The smallest absolute Gasteiger partial charge is 0.252 e. The zero-order valence-electron chi connectivity index (χ0n) is 17.7. The molecule has 0 bridgehead atoms. The average molecular weight is 406 g/mol. The molecule has 1 amide bonds. The van der Waals surface area contributed by atoms with Crippen molar-refractivity contribution >= 4 is 22.4 Å². The van der Waals surface area contributed by atoms with E-state index in [1.807, 2.05) is 26.1 Å². The molecule has 0 unspecified atom stereocenters. The Balaban J connectivity index is 1.78. The van der Waals surface area contributed by atoms with Crippen LogP contribution in [0.2, 0.25) is 0 Å². The van der Waals surface area contributed by atoms with Crippen molar-refractivity contribution in [2.75, 3.05) is 13.2 Å². The van der Waals surface area contributed by atoms with Crippen molar-refractivity contribution in [2.24, 2.45) is 12.8 Å². The molecule has 156 valence electrons. The molecule has 0 radical (unpaired) electrons. The van der Waals surface area contributed by atoms with Gasteiger partial charge in [-0.25, -0.2) is 0 Å². The van der Waals surface area contributed by atoms with E-state index >= 15 is 0 Å². The van der Waals surface area contributed by atoms with Crippen LogP contribution in [0.5, 0.6) is 5.75 Å². The molecule has 0 saturated heterocycles. The molecular weight excluding hydrogens is 380 g/mol. The molecule has 0 fully saturated rings. The number of hydrogen-bond donors (Lipinski definition) is 2. The van der Waals surface area contributed by atoms with E-state index in [1.165, 1.54) is 5.57 Å². The van der Waals surface area contributed by atoms with E-state index in [4.69, 9.17) is 10.5 Å². The molecule has 1 aromatic carbocycles. The molecule has 1 aliphatic heterocycles. The number of fused-ring (bicyclic) bond motifs is 1. The molecule has 0 atom stereocenters. The Labute approximate surface area is 175 Å². The summed E-state index contributed by atoms with van der Waals surface area (Å²) in [7, 11) is 1.84. The second-order valence-electron chi connectivity index (χ2n) is 8.01. The van der Waals surface area contributed by atoms with E-state index in [-0.39, 0.29) is 5.54 Å². The number of amides is 1. The Morgan fingerprint density at radius 3 is 2.63 bits per heavy atom. The quantitative estimate of drug-likeness (QED) is 0.674. The van der Waals surface area contributed by atoms with E-state index in [1.54, 1.807) is 16.8 Å². The van der Waals surface area contributed by atoms with E-state index < -0.39 is 5.91 Å². The molecule has 2 aromatic heterocycles.